The van der Waals surface area contributed by atoms with Crippen LogP contribution in [0.5, 0.6) is 0 Å². The number of carbonyl (C=O) groups excluding carboxylic acids is 1. The second-order valence-corrected chi connectivity index (χ2v) is 8.25. The molecule has 2 fully saturated rings. The smallest absolute Gasteiger partial charge is 0.258 e. The maximum Gasteiger partial charge on any atom is 0.258 e. The highest BCUT2D eigenvalue weighted by Gasteiger charge is 2.42. The largest absolute Gasteiger partial charge is 0.393 e. The number of aromatic amines is 1. The summed E-state index contributed by atoms with van der Waals surface area (Å²) in [5, 5.41) is 10.4. The molecule has 2 unspecified atom stereocenters. The number of nitrogens with one attached hydrogen (secondary N) is 1. The van der Waals surface area contributed by atoms with Crippen LogP contribution in [0.2, 0.25) is 0 Å². The van der Waals surface area contributed by atoms with Gasteiger partial charge in [-0.05, 0) is 37.8 Å². The van der Waals surface area contributed by atoms with E-state index in [1.807, 2.05) is 23.1 Å². The summed E-state index contributed by atoms with van der Waals surface area (Å²) in [6.07, 6.45) is 3.72. The van der Waals surface area contributed by atoms with Crippen molar-refractivity contribution in [2.24, 2.45) is 0 Å². The monoisotopic (exact) mass is 373 g/mol. The van der Waals surface area contributed by atoms with Crippen molar-refractivity contribution >= 4 is 28.6 Å². The first-order valence-corrected chi connectivity index (χ1v) is 10.3. The van der Waals surface area contributed by atoms with Crippen molar-refractivity contribution in [1.29, 1.82) is 0 Å². The molecule has 2 aromatic rings. The number of thioether (sulfide) groups is 1. The Morgan fingerprint density at radius 1 is 1.27 bits per heavy atom. The first kappa shape index (κ1) is 17.5. The van der Waals surface area contributed by atoms with Crippen LogP contribution in [0.15, 0.2) is 29.1 Å². The van der Waals surface area contributed by atoms with Gasteiger partial charge in [0.2, 0.25) is 5.91 Å². The van der Waals surface area contributed by atoms with Gasteiger partial charge in [-0.15, -0.1) is 0 Å². The molecule has 0 aliphatic carbocycles. The first-order chi connectivity index (χ1) is 12.6. The van der Waals surface area contributed by atoms with E-state index in [2.05, 4.69) is 9.97 Å². The van der Waals surface area contributed by atoms with Crippen molar-refractivity contribution in [2.75, 3.05) is 5.75 Å². The lowest BCUT2D eigenvalue weighted by Gasteiger charge is -2.37. The second kappa shape index (κ2) is 7.40. The lowest BCUT2D eigenvalue weighted by atomic mass is 9.99. The number of nitrogens with zero attached hydrogens (tertiary/aromatic N) is 2. The molecule has 0 radical (unpaired) electrons. The number of fused-ring (bicyclic) bond motifs is 3. The topological polar surface area (TPSA) is 86.3 Å². The number of rotatable bonds is 5. The average Bonchev–Trinajstić information content (AvgIpc) is 2.90. The van der Waals surface area contributed by atoms with Crippen LogP contribution in [0.3, 0.4) is 0 Å². The second-order valence-electron chi connectivity index (χ2n) is 7.14. The quantitative estimate of drug-likeness (QED) is 0.784. The minimum Gasteiger partial charge on any atom is -0.393 e. The van der Waals surface area contributed by atoms with Gasteiger partial charge in [0.1, 0.15) is 5.82 Å². The molecule has 4 rings (SSSR count). The van der Waals surface area contributed by atoms with Gasteiger partial charge in [0.15, 0.2) is 0 Å². The highest BCUT2D eigenvalue weighted by atomic mass is 32.2. The number of benzene rings is 1. The van der Waals surface area contributed by atoms with E-state index in [9.17, 15) is 14.7 Å². The van der Waals surface area contributed by atoms with Crippen LogP contribution in [0.1, 0.15) is 37.9 Å². The Kier molecular flexibility index (Phi) is 5.00. The van der Waals surface area contributed by atoms with E-state index in [1.165, 1.54) is 0 Å². The predicted molar refractivity (Wildman–Crippen MR) is 102 cm³/mol. The summed E-state index contributed by atoms with van der Waals surface area (Å²) in [5.41, 5.74) is 0.581. The summed E-state index contributed by atoms with van der Waals surface area (Å²) >= 11 is 1.61. The highest BCUT2D eigenvalue weighted by Crippen LogP contribution is 2.36. The van der Waals surface area contributed by atoms with Crippen LogP contribution < -0.4 is 5.56 Å². The molecule has 2 saturated heterocycles. The predicted octanol–water partition coefficient (Wildman–Crippen LogP) is 2.06. The Balaban J connectivity index is 1.30. The lowest BCUT2D eigenvalue weighted by molar-refractivity contribution is -0.136. The molecular weight excluding hydrogens is 350 g/mol. The molecule has 0 spiro atoms. The van der Waals surface area contributed by atoms with E-state index in [1.54, 1.807) is 17.8 Å². The zero-order chi connectivity index (χ0) is 18.1. The summed E-state index contributed by atoms with van der Waals surface area (Å²) in [4.78, 5) is 34.0. The molecule has 2 N–H and O–H groups in total. The van der Waals surface area contributed by atoms with Crippen LogP contribution >= 0.6 is 11.8 Å². The number of carbonyl (C=O) groups is 1. The fourth-order valence-corrected chi connectivity index (χ4v) is 5.01. The van der Waals surface area contributed by atoms with Gasteiger partial charge in [0.25, 0.3) is 5.56 Å². The van der Waals surface area contributed by atoms with Crippen LogP contribution in [0.4, 0.5) is 0 Å². The SMILES string of the molecule is O=C(CCSCc1nc2ccccc2c(=O)[nH]1)N1C2CCC1CC(O)C2. The van der Waals surface area contributed by atoms with Crippen molar-refractivity contribution < 1.29 is 9.90 Å². The standard InChI is InChI=1S/C19H23N3O3S/c23-14-9-12-5-6-13(10-14)22(12)18(24)7-8-26-11-17-20-16-4-2-1-3-15(16)19(25)21-17/h1-4,12-14,23H,5-11H2,(H,20,21,25). The number of piperidine rings is 1. The Morgan fingerprint density at radius 2 is 2.00 bits per heavy atom. The highest BCUT2D eigenvalue weighted by molar-refractivity contribution is 7.98. The molecule has 6 nitrogen and oxygen atoms in total. The van der Waals surface area contributed by atoms with Gasteiger partial charge < -0.3 is 15.0 Å². The van der Waals surface area contributed by atoms with Gasteiger partial charge in [-0.25, -0.2) is 4.98 Å². The third-order valence-corrected chi connectivity index (χ3v) is 6.33. The fraction of sp³-hybridized carbons (Fsp3) is 0.526. The molecule has 7 heteroatoms. The van der Waals surface area contributed by atoms with Gasteiger partial charge in [-0.1, -0.05) is 12.1 Å². The first-order valence-electron chi connectivity index (χ1n) is 9.16. The third-order valence-electron chi connectivity index (χ3n) is 5.36. The van der Waals surface area contributed by atoms with Gasteiger partial charge >= 0.3 is 0 Å². The number of aromatic nitrogens is 2. The molecule has 2 atom stereocenters. The van der Waals surface area contributed by atoms with E-state index in [0.717, 1.165) is 25.7 Å². The van der Waals surface area contributed by atoms with Crippen molar-refractivity contribution in [3.63, 3.8) is 0 Å². The summed E-state index contributed by atoms with van der Waals surface area (Å²) in [6, 6.07) is 7.74. The number of para-hydroxylation sites is 1. The van der Waals surface area contributed by atoms with Crippen LogP contribution in [-0.2, 0) is 10.5 Å². The molecule has 2 bridgehead atoms. The van der Waals surface area contributed by atoms with Crippen LogP contribution in [0, 0.1) is 0 Å². The van der Waals surface area contributed by atoms with E-state index in [0.29, 0.717) is 34.7 Å². The van der Waals surface area contributed by atoms with Gasteiger partial charge in [-0.2, -0.15) is 11.8 Å². The molecule has 3 heterocycles. The summed E-state index contributed by atoms with van der Waals surface area (Å²) in [6.45, 7) is 0. The Bertz CT molecular complexity index is 854. The Morgan fingerprint density at radius 3 is 2.77 bits per heavy atom. The summed E-state index contributed by atoms with van der Waals surface area (Å²) < 4.78 is 0. The van der Waals surface area contributed by atoms with E-state index in [4.69, 9.17) is 0 Å². The molecule has 26 heavy (non-hydrogen) atoms. The van der Waals surface area contributed by atoms with Crippen LogP contribution in [0.25, 0.3) is 10.9 Å². The minimum atomic E-state index is -0.248. The van der Waals surface area contributed by atoms with Crippen molar-refractivity contribution in [1.82, 2.24) is 14.9 Å². The molecule has 0 saturated carbocycles. The maximum absolute atomic E-state index is 12.6. The molecule has 1 amide bonds. The molecule has 2 aliphatic rings. The molecule has 2 aliphatic heterocycles. The van der Waals surface area contributed by atoms with Gasteiger partial charge in [-0.3, -0.25) is 9.59 Å². The Labute approximate surface area is 156 Å². The number of hydrogen-bond acceptors (Lipinski definition) is 5. The molecule has 1 aromatic heterocycles. The average molecular weight is 373 g/mol. The normalized spacial score (nSPS) is 25.0. The molecule has 1 aromatic carbocycles. The van der Waals surface area contributed by atoms with E-state index >= 15 is 0 Å². The fourth-order valence-electron chi connectivity index (χ4n) is 4.22. The lowest BCUT2D eigenvalue weighted by Crippen LogP contribution is -2.48. The maximum atomic E-state index is 12.6. The third kappa shape index (κ3) is 3.50. The number of H-pyrrole nitrogens is 1. The zero-order valence-corrected chi connectivity index (χ0v) is 15.4. The summed E-state index contributed by atoms with van der Waals surface area (Å²) in [5.74, 6) is 2.12. The van der Waals surface area contributed by atoms with E-state index < -0.39 is 0 Å². The number of aliphatic hydroxyl groups excluding tert-OH is 1. The van der Waals surface area contributed by atoms with Crippen LogP contribution in [-0.4, -0.2) is 49.8 Å². The number of aliphatic hydroxyl groups is 1. The summed E-state index contributed by atoms with van der Waals surface area (Å²) in [7, 11) is 0. The minimum absolute atomic E-state index is 0.120. The Hall–Kier alpha value is -1.86. The van der Waals surface area contributed by atoms with Gasteiger partial charge in [0, 0.05) is 24.3 Å². The van der Waals surface area contributed by atoms with Gasteiger partial charge in [0.05, 0.1) is 22.8 Å². The van der Waals surface area contributed by atoms with E-state index in [-0.39, 0.29) is 29.7 Å². The zero-order valence-electron chi connectivity index (χ0n) is 14.6. The number of amides is 1. The van der Waals surface area contributed by atoms with Crippen molar-refractivity contribution in [3.8, 4) is 0 Å². The van der Waals surface area contributed by atoms with Crippen molar-refractivity contribution in [2.45, 2.75) is 56.0 Å². The molecule has 138 valence electrons. The molecular formula is C19H23N3O3S. The number of hydrogen-bond donors (Lipinski definition) is 2. The van der Waals surface area contributed by atoms with Crippen molar-refractivity contribution in [3.05, 3.63) is 40.4 Å².